The Kier molecular flexibility index (Phi) is 9.12. The summed E-state index contributed by atoms with van der Waals surface area (Å²) in [6, 6.07) is 49.9. The topological polar surface area (TPSA) is 64.7 Å². The maximum atomic E-state index is 4.56. The number of benzene rings is 6. The minimum absolute atomic E-state index is 0.905. The van der Waals surface area contributed by atoms with Crippen LogP contribution < -0.4 is 0 Å². The van der Waals surface area contributed by atoms with Crippen molar-refractivity contribution >= 4 is 71.5 Å². The van der Waals surface area contributed by atoms with E-state index >= 15 is 0 Å². The zero-order valence-electron chi connectivity index (χ0n) is 26.8. The first-order valence-corrected chi connectivity index (χ1v) is 16.1. The van der Waals surface area contributed by atoms with Crippen LogP contribution >= 0.6 is 0 Å². The van der Waals surface area contributed by atoms with Crippen LogP contribution in [0.25, 0.3) is 71.5 Å². The number of rotatable bonds is 0. The minimum atomic E-state index is 0.905. The SMILES string of the molecule is CC.CC.c1ccc2c(c1)[nH]c1ccccc12.c1ccc2c(c1)[nH]c1ccccc12.c1ccc2c(c1)nc1[nH]c3ccccc3n12. The number of fused-ring (bicyclic) bond motifs is 11. The van der Waals surface area contributed by atoms with Crippen LogP contribution in [0.3, 0.4) is 0 Å². The zero-order valence-corrected chi connectivity index (χ0v) is 26.8. The number of H-pyrrole nitrogens is 3. The van der Waals surface area contributed by atoms with E-state index in [1.54, 1.807) is 0 Å². The molecule has 5 nitrogen and oxygen atoms in total. The number of imidazole rings is 2. The second-order valence-electron chi connectivity index (χ2n) is 10.3. The third kappa shape index (κ3) is 5.71. The number of aromatic amines is 3. The maximum absolute atomic E-state index is 4.56. The van der Waals surface area contributed by atoms with Gasteiger partial charge in [-0.25, -0.2) is 4.98 Å². The molecule has 0 aliphatic heterocycles. The van der Waals surface area contributed by atoms with E-state index in [1.165, 1.54) is 49.1 Å². The van der Waals surface area contributed by atoms with Crippen LogP contribution in [0.5, 0.6) is 0 Å². The second kappa shape index (κ2) is 13.9. The highest BCUT2D eigenvalue weighted by molar-refractivity contribution is 6.07. The first-order valence-electron chi connectivity index (χ1n) is 16.1. The van der Waals surface area contributed by atoms with Crippen molar-refractivity contribution in [2.75, 3.05) is 0 Å². The molecule has 0 amide bonds. The lowest BCUT2D eigenvalue weighted by Crippen LogP contribution is -1.78. The van der Waals surface area contributed by atoms with E-state index in [1.807, 2.05) is 58.0 Å². The molecular weight excluding hydrogens is 562 g/mol. The lowest BCUT2D eigenvalue weighted by atomic mass is 10.2. The van der Waals surface area contributed by atoms with Crippen LogP contribution in [0.2, 0.25) is 0 Å². The van der Waals surface area contributed by atoms with Crippen LogP contribution in [0.1, 0.15) is 27.7 Å². The molecule has 0 radical (unpaired) electrons. The summed E-state index contributed by atoms with van der Waals surface area (Å²) in [5.74, 6) is 0.905. The summed E-state index contributed by atoms with van der Waals surface area (Å²) < 4.78 is 2.16. The van der Waals surface area contributed by atoms with E-state index in [9.17, 15) is 0 Å². The van der Waals surface area contributed by atoms with Gasteiger partial charge < -0.3 is 15.0 Å². The van der Waals surface area contributed by atoms with E-state index in [2.05, 4.69) is 140 Å². The summed E-state index contributed by atoms with van der Waals surface area (Å²) in [5.41, 5.74) is 9.32. The number of nitrogens with zero attached hydrogens (tertiary/aromatic N) is 2. The van der Waals surface area contributed by atoms with Gasteiger partial charge in [-0.2, -0.15) is 0 Å². The van der Waals surface area contributed by atoms with Crippen molar-refractivity contribution < 1.29 is 0 Å². The summed E-state index contributed by atoms with van der Waals surface area (Å²) in [4.78, 5) is 14.6. The molecule has 0 aliphatic carbocycles. The predicted molar refractivity (Wildman–Crippen MR) is 199 cm³/mol. The number of hydrogen-bond donors (Lipinski definition) is 3. The monoisotopic (exact) mass is 601 g/mol. The zero-order chi connectivity index (χ0) is 31.9. The highest BCUT2D eigenvalue weighted by atomic mass is 15.1. The third-order valence-electron chi connectivity index (χ3n) is 7.78. The molecule has 0 aliphatic rings. The summed E-state index contributed by atoms with van der Waals surface area (Å²) in [5, 5.41) is 5.22. The molecule has 3 N–H and O–H groups in total. The Morgan fingerprint density at radius 3 is 1.17 bits per heavy atom. The highest BCUT2D eigenvalue weighted by Crippen LogP contribution is 2.25. The van der Waals surface area contributed by atoms with Gasteiger partial charge in [-0.05, 0) is 48.5 Å². The molecule has 0 unspecified atom stereocenters. The lowest BCUT2D eigenvalue weighted by Gasteiger charge is -1.92. The second-order valence-corrected chi connectivity index (χ2v) is 10.3. The molecule has 10 rings (SSSR count). The van der Waals surface area contributed by atoms with Gasteiger partial charge in [0.1, 0.15) is 0 Å². The van der Waals surface area contributed by atoms with Gasteiger partial charge in [-0.15, -0.1) is 0 Å². The number of para-hydroxylation sites is 8. The largest absolute Gasteiger partial charge is 0.355 e. The summed E-state index contributed by atoms with van der Waals surface area (Å²) in [6.07, 6.45) is 0. The van der Waals surface area contributed by atoms with E-state index < -0.39 is 0 Å². The third-order valence-corrected chi connectivity index (χ3v) is 7.78. The van der Waals surface area contributed by atoms with Crippen LogP contribution in [0.4, 0.5) is 0 Å². The molecular formula is C41H39N5. The first kappa shape index (κ1) is 30.2. The smallest absolute Gasteiger partial charge is 0.213 e. The Balaban J connectivity index is 0.000000116. The van der Waals surface area contributed by atoms with Gasteiger partial charge in [-0.1, -0.05) is 125 Å². The lowest BCUT2D eigenvalue weighted by molar-refractivity contribution is 1.28. The van der Waals surface area contributed by atoms with Crippen molar-refractivity contribution in [1.29, 1.82) is 0 Å². The first-order chi connectivity index (χ1) is 22.8. The van der Waals surface area contributed by atoms with Gasteiger partial charge in [0.15, 0.2) is 0 Å². The fourth-order valence-corrected chi connectivity index (χ4v) is 5.85. The molecule has 0 spiro atoms. The fraction of sp³-hybridized carbons (Fsp3) is 0.0976. The van der Waals surface area contributed by atoms with Gasteiger partial charge in [0, 0.05) is 43.6 Å². The summed E-state index contributed by atoms with van der Waals surface area (Å²) in [6.45, 7) is 8.00. The fourth-order valence-electron chi connectivity index (χ4n) is 5.85. The van der Waals surface area contributed by atoms with Crippen molar-refractivity contribution in [1.82, 2.24) is 24.3 Å². The molecule has 6 aromatic carbocycles. The van der Waals surface area contributed by atoms with E-state index in [0.717, 1.165) is 22.3 Å². The standard InChI is InChI=1S/C13H9N3.2C12H9N.2C2H6/c1-3-7-11-9(5-1)14-13-15-10-6-2-4-8-12(10)16(11)13;2*1-3-7-11-9(5-1)10-6-2-4-8-12(10)13-11;2*1-2/h1-8H,(H,14,15);2*1-8,13H;2*1-2H3. The molecule has 46 heavy (non-hydrogen) atoms. The van der Waals surface area contributed by atoms with Crippen molar-refractivity contribution in [2.24, 2.45) is 0 Å². The van der Waals surface area contributed by atoms with Gasteiger partial charge in [-0.3, -0.25) is 4.40 Å². The van der Waals surface area contributed by atoms with Crippen molar-refractivity contribution in [3.8, 4) is 0 Å². The highest BCUT2D eigenvalue weighted by Gasteiger charge is 2.08. The van der Waals surface area contributed by atoms with Crippen LogP contribution in [0, 0.1) is 0 Å². The van der Waals surface area contributed by atoms with E-state index in [4.69, 9.17) is 0 Å². The van der Waals surface area contributed by atoms with Gasteiger partial charge in [0.05, 0.1) is 22.1 Å². The van der Waals surface area contributed by atoms with Crippen molar-refractivity contribution in [3.63, 3.8) is 0 Å². The summed E-state index contributed by atoms with van der Waals surface area (Å²) in [7, 11) is 0. The average molecular weight is 602 g/mol. The van der Waals surface area contributed by atoms with Crippen LogP contribution in [-0.2, 0) is 0 Å². The molecule has 0 saturated heterocycles. The molecule has 228 valence electrons. The maximum Gasteiger partial charge on any atom is 0.213 e. The van der Waals surface area contributed by atoms with E-state index in [0.29, 0.717) is 0 Å². The van der Waals surface area contributed by atoms with Crippen LogP contribution in [0.15, 0.2) is 146 Å². The minimum Gasteiger partial charge on any atom is -0.355 e. The molecule has 0 atom stereocenters. The normalized spacial score (nSPS) is 10.6. The number of hydrogen-bond acceptors (Lipinski definition) is 1. The van der Waals surface area contributed by atoms with Crippen molar-refractivity contribution in [3.05, 3.63) is 146 Å². The molecule has 10 aromatic rings. The van der Waals surface area contributed by atoms with Gasteiger partial charge in [0.2, 0.25) is 5.78 Å². The predicted octanol–water partition coefficient (Wildman–Crippen LogP) is 11.7. The Bertz CT molecular complexity index is 2220. The number of aromatic nitrogens is 5. The molecule has 4 aromatic heterocycles. The van der Waals surface area contributed by atoms with E-state index in [-0.39, 0.29) is 0 Å². The van der Waals surface area contributed by atoms with Gasteiger partial charge in [0.25, 0.3) is 0 Å². The molecule has 0 fully saturated rings. The molecule has 4 heterocycles. The molecule has 0 saturated carbocycles. The Hall–Kier alpha value is -5.81. The molecule has 0 bridgehead atoms. The average Bonchev–Trinajstić information content (AvgIpc) is 3.89. The summed E-state index contributed by atoms with van der Waals surface area (Å²) >= 11 is 0. The Morgan fingerprint density at radius 2 is 0.717 bits per heavy atom. The van der Waals surface area contributed by atoms with Crippen LogP contribution in [-0.4, -0.2) is 24.3 Å². The quantitative estimate of drug-likeness (QED) is 0.159. The Labute approximate surface area is 268 Å². The molecule has 5 heteroatoms. The van der Waals surface area contributed by atoms with Crippen molar-refractivity contribution in [2.45, 2.75) is 27.7 Å². The Morgan fingerprint density at radius 1 is 0.370 bits per heavy atom. The number of nitrogens with one attached hydrogen (secondary N) is 3. The van der Waals surface area contributed by atoms with Gasteiger partial charge >= 0.3 is 0 Å².